The van der Waals surface area contributed by atoms with E-state index in [9.17, 15) is 14.4 Å². The molecular weight excluding hydrogens is 404 g/mol. The van der Waals surface area contributed by atoms with Crippen LogP contribution < -0.4 is 21.3 Å². The van der Waals surface area contributed by atoms with E-state index < -0.39 is 6.09 Å². The fourth-order valence-corrected chi connectivity index (χ4v) is 2.69. The van der Waals surface area contributed by atoms with Crippen LogP contribution in [0.3, 0.4) is 0 Å². The molecule has 30 heavy (non-hydrogen) atoms. The second kappa shape index (κ2) is 11.5. The van der Waals surface area contributed by atoms with Crippen molar-refractivity contribution in [2.75, 3.05) is 24.3 Å². The van der Waals surface area contributed by atoms with Gasteiger partial charge in [0.1, 0.15) is 0 Å². The number of methoxy groups -OCH3 is 1. The smallest absolute Gasteiger partial charge is 0.413 e. The van der Waals surface area contributed by atoms with E-state index in [-0.39, 0.29) is 16.9 Å². The van der Waals surface area contributed by atoms with Gasteiger partial charge in [-0.3, -0.25) is 10.1 Å². The summed E-state index contributed by atoms with van der Waals surface area (Å²) >= 11 is 5.10. The maximum atomic E-state index is 12.8. The summed E-state index contributed by atoms with van der Waals surface area (Å²) in [4.78, 5) is 36.3. The summed E-state index contributed by atoms with van der Waals surface area (Å²) in [6, 6.07) is 13.2. The zero-order valence-corrected chi connectivity index (χ0v) is 17.6. The Morgan fingerprint density at radius 2 is 1.70 bits per heavy atom. The van der Waals surface area contributed by atoms with Crippen LogP contribution in [-0.2, 0) is 4.74 Å². The zero-order chi connectivity index (χ0) is 21.9. The molecule has 0 fully saturated rings. The summed E-state index contributed by atoms with van der Waals surface area (Å²) in [5, 5.41) is 10.6. The first-order chi connectivity index (χ1) is 14.4. The molecule has 0 bridgehead atoms. The second-order valence-electron chi connectivity index (χ2n) is 6.26. The highest BCUT2D eigenvalue weighted by atomic mass is 32.1. The fraction of sp³-hybridized carbons (Fsp3) is 0.238. The standard InChI is InChI=1S/C21H24N4O4S/c1-3-4-12-22-19(27)23-16-11-10-15(18(26)14-8-6-5-7-9-14)13-17(16)24-20(30)25-21(28)29-2/h5-11,13H,3-4,12H2,1-2H3,(H2,22,23,27)(H2,24,25,28,30). The molecule has 0 atom stereocenters. The average Bonchev–Trinajstić information content (AvgIpc) is 2.75. The predicted octanol–water partition coefficient (Wildman–Crippen LogP) is 3.89. The number of carbonyl (C=O) groups excluding carboxylic acids is 3. The lowest BCUT2D eigenvalue weighted by Crippen LogP contribution is -2.34. The number of benzene rings is 2. The highest BCUT2D eigenvalue weighted by molar-refractivity contribution is 7.80. The third-order valence-corrected chi connectivity index (χ3v) is 4.24. The van der Waals surface area contributed by atoms with E-state index >= 15 is 0 Å². The molecular formula is C21H24N4O4S. The Morgan fingerprint density at radius 1 is 0.967 bits per heavy atom. The lowest BCUT2D eigenvalue weighted by molar-refractivity contribution is 0.103. The molecule has 0 saturated carbocycles. The van der Waals surface area contributed by atoms with Crippen LogP contribution in [0.5, 0.6) is 0 Å². The van der Waals surface area contributed by atoms with Gasteiger partial charge in [0.05, 0.1) is 18.5 Å². The summed E-state index contributed by atoms with van der Waals surface area (Å²) in [6.07, 6.45) is 1.07. The molecule has 0 aliphatic heterocycles. The Bertz CT molecular complexity index is 918. The van der Waals surface area contributed by atoms with E-state index in [0.717, 1.165) is 12.8 Å². The van der Waals surface area contributed by atoms with Crippen molar-refractivity contribution < 1.29 is 19.1 Å². The number of ether oxygens (including phenoxy) is 1. The van der Waals surface area contributed by atoms with E-state index in [1.807, 2.05) is 13.0 Å². The third kappa shape index (κ3) is 6.85. The monoisotopic (exact) mass is 428 g/mol. The van der Waals surface area contributed by atoms with Gasteiger partial charge in [-0.2, -0.15) is 0 Å². The Morgan fingerprint density at radius 3 is 2.37 bits per heavy atom. The first kappa shape index (κ1) is 22.8. The summed E-state index contributed by atoms with van der Waals surface area (Å²) in [5.74, 6) is -0.190. The molecule has 158 valence electrons. The predicted molar refractivity (Wildman–Crippen MR) is 120 cm³/mol. The van der Waals surface area contributed by atoms with E-state index in [2.05, 4.69) is 26.0 Å². The van der Waals surface area contributed by atoms with Gasteiger partial charge in [-0.1, -0.05) is 43.7 Å². The lowest BCUT2D eigenvalue weighted by Gasteiger charge is -2.16. The van der Waals surface area contributed by atoms with Crippen LogP contribution in [0.4, 0.5) is 21.0 Å². The number of rotatable bonds is 7. The first-order valence-electron chi connectivity index (χ1n) is 9.39. The van der Waals surface area contributed by atoms with Crippen molar-refractivity contribution in [1.29, 1.82) is 0 Å². The number of carbonyl (C=O) groups is 3. The Balaban J connectivity index is 2.26. The minimum atomic E-state index is -0.740. The van der Waals surface area contributed by atoms with Crippen LogP contribution in [0, 0.1) is 0 Å². The van der Waals surface area contributed by atoms with Crippen molar-refractivity contribution in [2.24, 2.45) is 0 Å². The van der Waals surface area contributed by atoms with Gasteiger partial charge in [-0.15, -0.1) is 0 Å². The summed E-state index contributed by atoms with van der Waals surface area (Å²) in [6.45, 7) is 2.57. The van der Waals surface area contributed by atoms with Crippen LogP contribution >= 0.6 is 12.2 Å². The number of urea groups is 1. The summed E-state index contributed by atoms with van der Waals surface area (Å²) in [5.41, 5.74) is 1.66. The number of alkyl carbamates (subject to hydrolysis) is 1. The van der Waals surface area contributed by atoms with Crippen molar-refractivity contribution in [3.05, 3.63) is 59.7 Å². The molecule has 4 N–H and O–H groups in total. The van der Waals surface area contributed by atoms with Gasteiger partial charge in [0, 0.05) is 17.7 Å². The minimum absolute atomic E-state index is 0.0411. The van der Waals surface area contributed by atoms with Crippen LogP contribution in [-0.4, -0.2) is 36.7 Å². The lowest BCUT2D eigenvalue weighted by atomic mass is 10.0. The number of nitrogens with one attached hydrogen (secondary N) is 4. The van der Waals surface area contributed by atoms with Crippen LogP contribution in [0.1, 0.15) is 35.7 Å². The van der Waals surface area contributed by atoms with Gasteiger partial charge in [0.2, 0.25) is 0 Å². The number of thiocarbonyl (C=S) groups is 1. The number of amides is 3. The maximum absolute atomic E-state index is 12.8. The van der Waals surface area contributed by atoms with E-state index in [1.165, 1.54) is 7.11 Å². The summed E-state index contributed by atoms with van der Waals surface area (Å²) < 4.78 is 4.52. The normalized spacial score (nSPS) is 9.93. The third-order valence-electron chi connectivity index (χ3n) is 4.03. The number of hydrogen-bond donors (Lipinski definition) is 4. The van der Waals surface area contributed by atoms with Crippen molar-refractivity contribution in [3.8, 4) is 0 Å². The fourth-order valence-electron chi connectivity index (χ4n) is 2.50. The first-order valence-corrected chi connectivity index (χ1v) is 9.80. The van der Waals surface area contributed by atoms with E-state index in [4.69, 9.17) is 12.2 Å². The molecule has 8 nitrogen and oxygen atoms in total. The Labute approximate surface area is 180 Å². The van der Waals surface area contributed by atoms with Crippen molar-refractivity contribution in [1.82, 2.24) is 10.6 Å². The molecule has 3 amide bonds. The molecule has 2 aromatic rings. The SMILES string of the molecule is CCCCNC(=O)Nc1ccc(C(=O)c2ccccc2)cc1NC(=S)NC(=O)OC. The largest absolute Gasteiger partial charge is 0.453 e. The van der Waals surface area contributed by atoms with Crippen LogP contribution in [0.25, 0.3) is 0 Å². The average molecular weight is 429 g/mol. The van der Waals surface area contributed by atoms with Crippen molar-refractivity contribution >= 4 is 46.6 Å². The van der Waals surface area contributed by atoms with Crippen molar-refractivity contribution in [2.45, 2.75) is 19.8 Å². The highest BCUT2D eigenvalue weighted by Crippen LogP contribution is 2.25. The summed E-state index contributed by atoms with van der Waals surface area (Å²) in [7, 11) is 1.21. The van der Waals surface area contributed by atoms with E-state index in [1.54, 1.807) is 42.5 Å². The van der Waals surface area contributed by atoms with Gasteiger partial charge in [0.15, 0.2) is 10.9 Å². The quantitative estimate of drug-likeness (QED) is 0.303. The van der Waals surface area contributed by atoms with Gasteiger partial charge < -0.3 is 20.7 Å². The molecule has 0 saturated heterocycles. The number of ketones is 1. The number of unbranched alkanes of at least 4 members (excludes halogenated alkanes) is 1. The molecule has 0 radical (unpaired) electrons. The van der Waals surface area contributed by atoms with Crippen LogP contribution in [0.15, 0.2) is 48.5 Å². The molecule has 0 unspecified atom stereocenters. The second-order valence-corrected chi connectivity index (χ2v) is 6.67. The number of anilines is 2. The Kier molecular flexibility index (Phi) is 8.76. The number of hydrogen-bond acceptors (Lipinski definition) is 5. The molecule has 0 spiro atoms. The molecule has 9 heteroatoms. The Hall–Kier alpha value is -3.46. The molecule has 0 aliphatic rings. The molecule has 0 aromatic heterocycles. The van der Waals surface area contributed by atoms with Gasteiger partial charge in [0.25, 0.3) is 0 Å². The highest BCUT2D eigenvalue weighted by Gasteiger charge is 2.15. The molecule has 2 aromatic carbocycles. The molecule has 0 aliphatic carbocycles. The van der Waals surface area contributed by atoms with E-state index in [0.29, 0.717) is 29.0 Å². The van der Waals surface area contributed by atoms with Gasteiger partial charge in [-0.05, 0) is 36.8 Å². The topological polar surface area (TPSA) is 109 Å². The molecule has 0 heterocycles. The van der Waals surface area contributed by atoms with Crippen molar-refractivity contribution in [3.63, 3.8) is 0 Å². The molecule has 2 rings (SSSR count). The van der Waals surface area contributed by atoms with Crippen LogP contribution in [0.2, 0.25) is 0 Å². The zero-order valence-electron chi connectivity index (χ0n) is 16.8. The minimum Gasteiger partial charge on any atom is -0.453 e. The van der Waals surface area contributed by atoms with Gasteiger partial charge in [-0.25, -0.2) is 9.59 Å². The van der Waals surface area contributed by atoms with Gasteiger partial charge >= 0.3 is 12.1 Å². The maximum Gasteiger partial charge on any atom is 0.413 e.